The third-order valence-electron chi connectivity index (χ3n) is 4.89. The standard InChI is InChI=1S/C26H19N3O/c27-18-22(17-21-15-16-28-24-14-8-7-13-23(21)24)26(30)29-25(19-9-3-1-4-10-19)20-11-5-2-6-12-20/h1-17,25H,(H,29,30). The number of rotatable bonds is 5. The number of nitrogens with one attached hydrogen (secondary N) is 1. The third-order valence-corrected chi connectivity index (χ3v) is 4.89. The summed E-state index contributed by atoms with van der Waals surface area (Å²) in [6, 6.07) is 30.6. The molecule has 30 heavy (non-hydrogen) atoms. The second-order valence-electron chi connectivity index (χ2n) is 6.81. The van der Waals surface area contributed by atoms with E-state index in [2.05, 4.69) is 16.4 Å². The predicted molar refractivity (Wildman–Crippen MR) is 118 cm³/mol. The highest BCUT2D eigenvalue weighted by atomic mass is 16.1. The zero-order valence-corrected chi connectivity index (χ0v) is 16.2. The van der Waals surface area contributed by atoms with Crippen LogP contribution >= 0.6 is 0 Å². The molecule has 4 heteroatoms. The highest BCUT2D eigenvalue weighted by Gasteiger charge is 2.19. The van der Waals surface area contributed by atoms with Gasteiger partial charge in [-0.05, 0) is 34.9 Å². The molecule has 4 nitrogen and oxygen atoms in total. The quantitative estimate of drug-likeness (QED) is 0.384. The Morgan fingerprint density at radius 3 is 2.10 bits per heavy atom. The van der Waals surface area contributed by atoms with E-state index in [1.165, 1.54) is 0 Å². The molecule has 1 amide bonds. The van der Waals surface area contributed by atoms with Crippen molar-refractivity contribution in [2.24, 2.45) is 0 Å². The van der Waals surface area contributed by atoms with Gasteiger partial charge in [0.15, 0.2) is 0 Å². The molecule has 0 saturated carbocycles. The van der Waals surface area contributed by atoms with Crippen molar-refractivity contribution in [3.63, 3.8) is 0 Å². The highest BCUT2D eigenvalue weighted by Crippen LogP contribution is 2.23. The maximum absolute atomic E-state index is 13.1. The highest BCUT2D eigenvalue weighted by molar-refractivity contribution is 6.04. The van der Waals surface area contributed by atoms with Crippen LogP contribution in [0, 0.1) is 11.3 Å². The van der Waals surface area contributed by atoms with Crippen LogP contribution < -0.4 is 5.32 Å². The summed E-state index contributed by atoms with van der Waals surface area (Å²) in [5.74, 6) is -0.420. The van der Waals surface area contributed by atoms with Crippen LogP contribution in [0.4, 0.5) is 0 Å². The first-order chi connectivity index (χ1) is 14.8. The van der Waals surface area contributed by atoms with Crippen molar-refractivity contribution in [1.82, 2.24) is 10.3 Å². The number of pyridine rings is 1. The van der Waals surface area contributed by atoms with E-state index < -0.39 is 5.91 Å². The SMILES string of the molecule is N#CC(=Cc1ccnc2ccccc12)C(=O)NC(c1ccccc1)c1ccccc1. The fraction of sp³-hybridized carbons (Fsp3) is 0.0385. The number of benzene rings is 3. The minimum atomic E-state index is -0.420. The number of carbonyl (C=O) groups excluding carboxylic acids is 1. The smallest absolute Gasteiger partial charge is 0.262 e. The first kappa shape index (κ1) is 19.1. The maximum Gasteiger partial charge on any atom is 0.262 e. The van der Waals surface area contributed by atoms with Gasteiger partial charge in [0.2, 0.25) is 0 Å². The number of aromatic nitrogens is 1. The van der Waals surface area contributed by atoms with Crippen LogP contribution in [0.5, 0.6) is 0 Å². The number of hydrogen-bond donors (Lipinski definition) is 1. The molecule has 0 radical (unpaired) electrons. The number of amides is 1. The van der Waals surface area contributed by atoms with E-state index in [4.69, 9.17) is 0 Å². The molecule has 0 bridgehead atoms. The van der Waals surface area contributed by atoms with Crippen molar-refractivity contribution in [2.45, 2.75) is 6.04 Å². The van der Waals surface area contributed by atoms with Crippen LogP contribution in [0.1, 0.15) is 22.7 Å². The van der Waals surface area contributed by atoms with Crippen molar-refractivity contribution >= 4 is 22.9 Å². The normalized spacial score (nSPS) is 11.3. The molecule has 0 fully saturated rings. The Hall–Kier alpha value is -4.23. The molecule has 0 atom stereocenters. The lowest BCUT2D eigenvalue weighted by Gasteiger charge is -2.19. The van der Waals surface area contributed by atoms with Crippen LogP contribution in [0.2, 0.25) is 0 Å². The van der Waals surface area contributed by atoms with E-state index in [9.17, 15) is 10.1 Å². The van der Waals surface area contributed by atoms with E-state index in [1.54, 1.807) is 18.3 Å². The van der Waals surface area contributed by atoms with E-state index >= 15 is 0 Å². The predicted octanol–water partition coefficient (Wildman–Crippen LogP) is 5.05. The molecule has 1 N–H and O–H groups in total. The van der Waals surface area contributed by atoms with Gasteiger partial charge in [0.1, 0.15) is 11.6 Å². The van der Waals surface area contributed by atoms with Gasteiger partial charge in [0, 0.05) is 11.6 Å². The number of nitrogens with zero attached hydrogens (tertiary/aromatic N) is 2. The lowest BCUT2D eigenvalue weighted by Crippen LogP contribution is -2.30. The summed E-state index contributed by atoms with van der Waals surface area (Å²) in [5, 5.41) is 13.6. The van der Waals surface area contributed by atoms with Gasteiger partial charge in [-0.3, -0.25) is 9.78 Å². The zero-order chi connectivity index (χ0) is 20.8. The minimum Gasteiger partial charge on any atom is -0.340 e. The molecule has 1 aromatic heterocycles. The molecule has 3 aromatic carbocycles. The van der Waals surface area contributed by atoms with Crippen LogP contribution in [0.3, 0.4) is 0 Å². The molecule has 0 aliphatic carbocycles. The summed E-state index contributed by atoms with van der Waals surface area (Å²) >= 11 is 0. The molecule has 0 aliphatic rings. The van der Waals surface area contributed by atoms with E-state index in [0.29, 0.717) is 0 Å². The van der Waals surface area contributed by atoms with Crippen molar-refractivity contribution in [3.8, 4) is 6.07 Å². The van der Waals surface area contributed by atoms with Crippen LogP contribution in [0.15, 0.2) is 103 Å². The fourth-order valence-electron chi connectivity index (χ4n) is 3.41. The number of nitriles is 1. The minimum absolute atomic E-state index is 0.0446. The van der Waals surface area contributed by atoms with Gasteiger partial charge in [-0.2, -0.15) is 5.26 Å². The zero-order valence-electron chi connectivity index (χ0n) is 16.2. The van der Waals surface area contributed by atoms with Crippen LogP contribution in [-0.2, 0) is 4.79 Å². The number of carbonyl (C=O) groups is 1. The Morgan fingerprint density at radius 1 is 0.867 bits per heavy atom. The van der Waals surface area contributed by atoms with Crippen molar-refractivity contribution < 1.29 is 4.79 Å². The molecule has 0 unspecified atom stereocenters. The van der Waals surface area contributed by atoms with Gasteiger partial charge in [0.05, 0.1) is 11.6 Å². The molecule has 144 valence electrons. The van der Waals surface area contributed by atoms with E-state index in [0.717, 1.165) is 27.6 Å². The van der Waals surface area contributed by atoms with Crippen molar-refractivity contribution in [3.05, 3.63) is 119 Å². The van der Waals surface area contributed by atoms with Gasteiger partial charge in [-0.15, -0.1) is 0 Å². The first-order valence-electron chi connectivity index (χ1n) is 9.62. The second-order valence-corrected chi connectivity index (χ2v) is 6.81. The number of fused-ring (bicyclic) bond motifs is 1. The van der Waals surface area contributed by atoms with Crippen LogP contribution in [0.25, 0.3) is 17.0 Å². The maximum atomic E-state index is 13.1. The van der Waals surface area contributed by atoms with Gasteiger partial charge < -0.3 is 5.32 Å². The lowest BCUT2D eigenvalue weighted by atomic mass is 9.98. The molecule has 0 spiro atoms. The largest absolute Gasteiger partial charge is 0.340 e. The Morgan fingerprint density at radius 2 is 1.47 bits per heavy atom. The molecule has 1 heterocycles. The third kappa shape index (κ3) is 4.11. The Kier molecular flexibility index (Phi) is 5.63. The molecule has 4 aromatic rings. The van der Waals surface area contributed by atoms with Gasteiger partial charge in [-0.1, -0.05) is 78.9 Å². The summed E-state index contributed by atoms with van der Waals surface area (Å²) in [4.78, 5) is 17.4. The summed E-state index contributed by atoms with van der Waals surface area (Å²) in [7, 11) is 0. The lowest BCUT2D eigenvalue weighted by molar-refractivity contribution is -0.117. The van der Waals surface area contributed by atoms with Gasteiger partial charge in [-0.25, -0.2) is 0 Å². The Bertz CT molecular complexity index is 1200. The number of hydrogen-bond acceptors (Lipinski definition) is 3. The van der Waals surface area contributed by atoms with Crippen molar-refractivity contribution in [1.29, 1.82) is 5.26 Å². The molecular formula is C26H19N3O. The summed E-state index contributed by atoms with van der Waals surface area (Å²) in [5.41, 5.74) is 3.54. The van der Waals surface area contributed by atoms with Crippen LogP contribution in [-0.4, -0.2) is 10.9 Å². The topological polar surface area (TPSA) is 65.8 Å². The molecular weight excluding hydrogens is 370 g/mol. The Balaban J connectivity index is 1.69. The monoisotopic (exact) mass is 389 g/mol. The fourth-order valence-corrected chi connectivity index (χ4v) is 3.41. The molecule has 4 rings (SSSR count). The average Bonchev–Trinajstić information content (AvgIpc) is 2.82. The van der Waals surface area contributed by atoms with E-state index in [1.807, 2.05) is 84.9 Å². The van der Waals surface area contributed by atoms with Gasteiger partial charge >= 0.3 is 0 Å². The summed E-state index contributed by atoms with van der Waals surface area (Å²) in [6.45, 7) is 0. The second kappa shape index (κ2) is 8.85. The summed E-state index contributed by atoms with van der Waals surface area (Å²) < 4.78 is 0. The molecule has 0 saturated heterocycles. The summed E-state index contributed by atoms with van der Waals surface area (Å²) in [6.07, 6.45) is 3.30. The molecule has 0 aliphatic heterocycles. The van der Waals surface area contributed by atoms with Crippen molar-refractivity contribution in [2.75, 3.05) is 0 Å². The Labute approximate surface area is 175 Å². The van der Waals surface area contributed by atoms with E-state index in [-0.39, 0.29) is 11.6 Å². The number of para-hydroxylation sites is 1. The van der Waals surface area contributed by atoms with Gasteiger partial charge in [0.25, 0.3) is 5.91 Å². The first-order valence-corrected chi connectivity index (χ1v) is 9.62. The average molecular weight is 389 g/mol.